The fraction of sp³-hybridized carbons (Fsp3) is 0.542. The summed E-state index contributed by atoms with van der Waals surface area (Å²) in [4.78, 5) is 4.63. The topological polar surface area (TPSA) is 88.3 Å². The number of nitrogens with zero attached hydrogens (tertiary/aromatic N) is 1. The van der Waals surface area contributed by atoms with Gasteiger partial charge in [-0.1, -0.05) is 17.7 Å². The molecule has 1 aliphatic rings. The van der Waals surface area contributed by atoms with Gasteiger partial charge in [0.1, 0.15) is 17.1 Å². The summed E-state index contributed by atoms with van der Waals surface area (Å²) in [6.07, 6.45) is 3.34. The third-order valence-electron chi connectivity index (χ3n) is 5.91. The highest BCUT2D eigenvalue weighted by Gasteiger charge is 2.37. The summed E-state index contributed by atoms with van der Waals surface area (Å²) in [7, 11) is 1.72. The molecule has 1 atom stereocenters. The van der Waals surface area contributed by atoms with Gasteiger partial charge in [0.2, 0.25) is 0 Å². The van der Waals surface area contributed by atoms with Crippen molar-refractivity contribution < 1.29 is 19.0 Å². The smallest absolute Gasteiger partial charge is 0.191 e. The van der Waals surface area contributed by atoms with Gasteiger partial charge in [-0.15, -0.1) is 0 Å². The Bertz CT molecular complexity index is 856. The van der Waals surface area contributed by atoms with Crippen LogP contribution >= 0.6 is 0 Å². The number of hydrogen-bond donors (Lipinski definition) is 3. The van der Waals surface area contributed by atoms with Crippen LogP contribution in [0.1, 0.15) is 43.6 Å². The SMILES string of the molecule is CCNC(=NCC(C)(O)c1ccco1)NCC1(c2cc(C)ccc2OC)CCOCC1. The number of methoxy groups -OCH3 is 1. The molecule has 1 fully saturated rings. The molecule has 0 radical (unpaired) electrons. The van der Waals surface area contributed by atoms with Crippen molar-refractivity contribution in [2.45, 2.75) is 44.6 Å². The quantitative estimate of drug-likeness (QED) is 0.441. The normalized spacial score (nSPS) is 18.3. The molecule has 1 aliphatic heterocycles. The van der Waals surface area contributed by atoms with Gasteiger partial charge in [-0.05, 0) is 51.8 Å². The van der Waals surface area contributed by atoms with Gasteiger partial charge in [0.05, 0.1) is 19.9 Å². The van der Waals surface area contributed by atoms with E-state index in [1.54, 1.807) is 32.4 Å². The standard InChI is InChI=1S/C24H35N3O4/c1-5-25-22(26-16-23(3,28)21-7-6-12-31-21)27-17-24(10-13-30-14-11-24)19-15-18(2)8-9-20(19)29-4/h6-9,12,15,28H,5,10-11,13-14,16-17H2,1-4H3,(H2,25,26,27). The fourth-order valence-electron chi connectivity index (χ4n) is 4.03. The lowest BCUT2D eigenvalue weighted by molar-refractivity contribution is 0.0435. The summed E-state index contributed by atoms with van der Waals surface area (Å²) in [6.45, 7) is 8.83. The van der Waals surface area contributed by atoms with Crippen LogP contribution in [-0.2, 0) is 15.8 Å². The number of ether oxygens (including phenoxy) is 2. The van der Waals surface area contributed by atoms with Crippen molar-refractivity contribution in [2.24, 2.45) is 4.99 Å². The minimum Gasteiger partial charge on any atom is -0.496 e. The minimum atomic E-state index is -1.18. The Kier molecular flexibility index (Phi) is 7.62. The van der Waals surface area contributed by atoms with Gasteiger partial charge in [0.15, 0.2) is 5.96 Å². The van der Waals surface area contributed by atoms with Crippen LogP contribution in [-0.4, -0.2) is 51.0 Å². The van der Waals surface area contributed by atoms with Gasteiger partial charge in [-0.2, -0.15) is 0 Å². The van der Waals surface area contributed by atoms with E-state index in [0.29, 0.717) is 31.5 Å². The number of hydrogen-bond acceptors (Lipinski definition) is 5. The van der Waals surface area contributed by atoms with Crippen LogP contribution in [0.25, 0.3) is 0 Å². The maximum Gasteiger partial charge on any atom is 0.191 e. The zero-order valence-corrected chi connectivity index (χ0v) is 19.0. The second-order valence-corrected chi connectivity index (χ2v) is 8.40. The molecule has 1 aromatic heterocycles. The lowest BCUT2D eigenvalue weighted by atomic mass is 9.73. The van der Waals surface area contributed by atoms with E-state index in [4.69, 9.17) is 13.9 Å². The van der Waals surface area contributed by atoms with Crippen LogP contribution < -0.4 is 15.4 Å². The van der Waals surface area contributed by atoms with E-state index < -0.39 is 5.60 Å². The molecular formula is C24H35N3O4. The molecule has 1 saturated heterocycles. The van der Waals surface area contributed by atoms with E-state index in [1.165, 1.54) is 11.1 Å². The molecule has 3 rings (SSSR count). The summed E-state index contributed by atoms with van der Waals surface area (Å²) in [5.74, 6) is 2.06. The van der Waals surface area contributed by atoms with E-state index in [1.807, 2.05) is 13.0 Å². The van der Waals surface area contributed by atoms with Gasteiger partial charge in [-0.3, -0.25) is 0 Å². The van der Waals surface area contributed by atoms with Gasteiger partial charge in [0, 0.05) is 37.3 Å². The predicted molar refractivity (Wildman–Crippen MR) is 122 cm³/mol. The van der Waals surface area contributed by atoms with Gasteiger partial charge in [-0.25, -0.2) is 4.99 Å². The van der Waals surface area contributed by atoms with Crippen molar-refractivity contribution in [1.82, 2.24) is 10.6 Å². The molecule has 2 heterocycles. The third-order valence-corrected chi connectivity index (χ3v) is 5.91. The number of benzene rings is 1. The monoisotopic (exact) mass is 429 g/mol. The molecule has 170 valence electrons. The number of aliphatic imine (C=N–C) groups is 1. The zero-order valence-electron chi connectivity index (χ0n) is 19.0. The molecule has 7 nitrogen and oxygen atoms in total. The first-order valence-corrected chi connectivity index (χ1v) is 10.9. The summed E-state index contributed by atoms with van der Waals surface area (Å²) in [5.41, 5.74) is 1.10. The Balaban J connectivity index is 1.81. The molecule has 1 unspecified atom stereocenters. The number of furan rings is 1. The number of aliphatic hydroxyl groups is 1. The molecular weight excluding hydrogens is 394 g/mol. The zero-order chi connectivity index (χ0) is 22.3. The van der Waals surface area contributed by atoms with Gasteiger partial charge < -0.3 is 29.6 Å². The maximum atomic E-state index is 10.7. The van der Waals surface area contributed by atoms with Crippen molar-refractivity contribution in [2.75, 3.05) is 40.0 Å². The number of nitrogens with one attached hydrogen (secondary N) is 2. The Labute approximate surface area is 184 Å². The lowest BCUT2D eigenvalue weighted by Crippen LogP contribution is -2.48. The van der Waals surface area contributed by atoms with Gasteiger partial charge in [0.25, 0.3) is 0 Å². The molecule has 0 saturated carbocycles. The van der Waals surface area contributed by atoms with Crippen LogP contribution in [0.4, 0.5) is 0 Å². The maximum absolute atomic E-state index is 10.7. The minimum absolute atomic E-state index is 0.130. The average Bonchev–Trinajstić information content (AvgIpc) is 3.32. The van der Waals surface area contributed by atoms with Gasteiger partial charge >= 0.3 is 0 Å². The van der Waals surface area contributed by atoms with Crippen molar-refractivity contribution in [3.63, 3.8) is 0 Å². The summed E-state index contributed by atoms with van der Waals surface area (Å²) < 4.78 is 16.8. The molecule has 0 aliphatic carbocycles. The van der Waals surface area contributed by atoms with Crippen LogP contribution in [0.15, 0.2) is 46.0 Å². The molecule has 31 heavy (non-hydrogen) atoms. The van der Waals surface area contributed by atoms with Crippen LogP contribution in [0.5, 0.6) is 5.75 Å². The molecule has 2 aromatic rings. The number of aryl methyl sites for hydroxylation is 1. The highest BCUT2D eigenvalue weighted by Crippen LogP contribution is 2.40. The van der Waals surface area contributed by atoms with Crippen LogP contribution in [0.2, 0.25) is 0 Å². The second-order valence-electron chi connectivity index (χ2n) is 8.40. The lowest BCUT2D eigenvalue weighted by Gasteiger charge is -2.39. The Hall–Kier alpha value is -2.51. The summed E-state index contributed by atoms with van der Waals surface area (Å²) in [6, 6.07) is 9.86. The fourth-order valence-corrected chi connectivity index (χ4v) is 4.03. The molecule has 7 heteroatoms. The highest BCUT2D eigenvalue weighted by molar-refractivity contribution is 5.80. The summed E-state index contributed by atoms with van der Waals surface area (Å²) >= 11 is 0. The van der Waals surface area contributed by atoms with E-state index in [9.17, 15) is 5.11 Å². The molecule has 3 N–H and O–H groups in total. The van der Waals surface area contributed by atoms with Crippen LogP contribution in [0.3, 0.4) is 0 Å². The highest BCUT2D eigenvalue weighted by atomic mass is 16.5. The largest absolute Gasteiger partial charge is 0.496 e. The predicted octanol–water partition coefficient (Wildman–Crippen LogP) is 3.11. The number of guanidine groups is 1. The molecule has 1 aromatic carbocycles. The van der Waals surface area contributed by atoms with E-state index in [2.05, 4.69) is 34.7 Å². The van der Waals surface area contributed by atoms with E-state index in [-0.39, 0.29) is 12.0 Å². The molecule has 0 amide bonds. The van der Waals surface area contributed by atoms with Crippen molar-refractivity contribution >= 4 is 5.96 Å². The van der Waals surface area contributed by atoms with Crippen molar-refractivity contribution in [3.8, 4) is 5.75 Å². The Morgan fingerprint density at radius 2 is 2.03 bits per heavy atom. The summed E-state index contributed by atoms with van der Waals surface area (Å²) in [5, 5.41) is 17.5. The van der Waals surface area contributed by atoms with Crippen LogP contribution in [0, 0.1) is 6.92 Å². The number of rotatable bonds is 8. The first-order chi connectivity index (χ1) is 14.9. The van der Waals surface area contributed by atoms with E-state index in [0.717, 1.165) is 25.1 Å². The third kappa shape index (κ3) is 5.60. The van der Waals surface area contributed by atoms with E-state index >= 15 is 0 Å². The second kappa shape index (κ2) is 10.2. The van der Waals surface area contributed by atoms with Crippen molar-refractivity contribution in [1.29, 1.82) is 0 Å². The Morgan fingerprint density at radius 1 is 1.26 bits per heavy atom. The first kappa shape index (κ1) is 23.2. The molecule has 0 spiro atoms. The average molecular weight is 430 g/mol. The first-order valence-electron chi connectivity index (χ1n) is 10.9. The Morgan fingerprint density at radius 3 is 2.68 bits per heavy atom. The van der Waals surface area contributed by atoms with Crippen molar-refractivity contribution in [3.05, 3.63) is 53.5 Å². The molecule has 0 bridgehead atoms.